The van der Waals surface area contributed by atoms with Crippen LogP contribution in [0.5, 0.6) is 0 Å². The van der Waals surface area contributed by atoms with Crippen LogP contribution in [0.1, 0.15) is 23.8 Å². The Morgan fingerprint density at radius 3 is 3.00 bits per heavy atom. The number of hydrogen-bond donors (Lipinski definition) is 1. The Bertz CT molecular complexity index is 614. The van der Waals surface area contributed by atoms with Gasteiger partial charge >= 0.3 is 0 Å². The second-order valence-electron chi connectivity index (χ2n) is 4.54. The number of ether oxygens (including phenoxy) is 1. The summed E-state index contributed by atoms with van der Waals surface area (Å²) in [6.45, 7) is 4.98. The molecule has 0 fully saturated rings. The summed E-state index contributed by atoms with van der Waals surface area (Å²) in [5.74, 6) is 0.930. The topological polar surface area (TPSA) is 94.8 Å². The molecule has 0 aliphatic rings. The van der Waals surface area contributed by atoms with E-state index in [-0.39, 0.29) is 11.9 Å². The van der Waals surface area contributed by atoms with Crippen molar-refractivity contribution in [1.29, 1.82) is 0 Å². The van der Waals surface area contributed by atoms with Gasteiger partial charge in [-0.3, -0.25) is 4.79 Å². The van der Waals surface area contributed by atoms with Crippen LogP contribution in [0.15, 0.2) is 10.7 Å². The van der Waals surface area contributed by atoms with Gasteiger partial charge in [-0.2, -0.15) is 0 Å². The van der Waals surface area contributed by atoms with Crippen molar-refractivity contribution in [1.82, 2.24) is 30.3 Å². The maximum Gasteiger partial charge on any atom is 0.231 e. The third kappa shape index (κ3) is 4.75. The van der Waals surface area contributed by atoms with Gasteiger partial charge in [-0.1, -0.05) is 23.1 Å². The molecule has 0 saturated carbocycles. The molecule has 0 aliphatic heterocycles. The number of carbonyl (C=O) groups excluding carboxylic acids is 1. The standard InChI is InChI=1S/C12H18N6O2S2/c1-8(11-16-13-7-18(11)4-5-20-3)14-10(19)6-21-12-17-15-9(2)22-12/h7-8H,4-6H2,1-3H3,(H,14,19)/t8-/m0/s1. The quantitative estimate of drug-likeness (QED) is 0.717. The molecule has 8 nitrogen and oxygen atoms in total. The van der Waals surface area contributed by atoms with Crippen LogP contribution in [0.25, 0.3) is 0 Å². The zero-order chi connectivity index (χ0) is 15.9. The zero-order valence-corrected chi connectivity index (χ0v) is 14.3. The molecule has 2 rings (SSSR count). The van der Waals surface area contributed by atoms with Crippen molar-refractivity contribution in [3.05, 3.63) is 17.2 Å². The van der Waals surface area contributed by atoms with E-state index in [0.717, 1.165) is 9.35 Å². The fourth-order valence-electron chi connectivity index (χ4n) is 1.77. The van der Waals surface area contributed by atoms with Gasteiger partial charge in [0.05, 0.1) is 18.4 Å². The zero-order valence-electron chi connectivity index (χ0n) is 12.6. The summed E-state index contributed by atoms with van der Waals surface area (Å²) in [6, 6.07) is -0.219. The van der Waals surface area contributed by atoms with E-state index in [4.69, 9.17) is 4.74 Å². The number of amides is 1. The summed E-state index contributed by atoms with van der Waals surface area (Å²) >= 11 is 2.85. The highest BCUT2D eigenvalue weighted by atomic mass is 32.2. The Hall–Kier alpha value is -1.52. The minimum absolute atomic E-state index is 0.0772. The first-order chi connectivity index (χ1) is 10.6. The number of carbonyl (C=O) groups is 1. The van der Waals surface area contributed by atoms with E-state index in [2.05, 4.69) is 25.7 Å². The summed E-state index contributed by atoms with van der Waals surface area (Å²) in [5, 5.41) is 19.6. The lowest BCUT2D eigenvalue weighted by atomic mass is 10.3. The van der Waals surface area contributed by atoms with E-state index >= 15 is 0 Å². The monoisotopic (exact) mass is 342 g/mol. The lowest BCUT2D eigenvalue weighted by Crippen LogP contribution is -2.30. The van der Waals surface area contributed by atoms with E-state index in [0.29, 0.717) is 24.7 Å². The van der Waals surface area contributed by atoms with Crippen molar-refractivity contribution in [3.8, 4) is 0 Å². The molecule has 22 heavy (non-hydrogen) atoms. The van der Waals surface area contributed by atoms with E-state index < -0.39 is 0 Å². The first-order valence-corrected chi connectivity index (χ1v) is 8.49. The SMILES string of the molecule is COCCn1cnnc1[C@H](C)NC(=O)CSc1nnc(C)s1. The molecule has 0 radical (unpaired) electrons. The maximum atomic E-state index is 12.0. The average molecular weight is 342 g/mol. The van der Waals surface area contributed by atoms with Crippen LogP contribution in [0, 0.1) is 6.92 Å². The molecule has 2 aromatic heterocycles. The molecule has 1 N–H and O–H groups in total. The minimum Gasteiger partial charge on any atom is -0.383 e. The minimum atomic E-state index is -0.219. The van der Waals surface area contributed by atoms with Crippen molar-refractivity contribution in [3.63, 3.8) is 0 Å². The Labute approximate surface area is 136 Å². The van der Waals surface area contributed by atoms with Crippen molar-refractivity contribution < 1.29 is 9.53 Å². The lowest BCUT2D eigenvalue weighted by molar-refractivity contribution is -0.119. The van der Waals surface area contributed by atoms with Crippen LogP contribution in [0.4, 0.5) is 0 Å². The van der Waals surface area contributed by atoms with E-state index in [1.165, 1.54) is 23.1 Å². The Kier molecular flexibility index (Phi) is 6.28. The Morgan fingerprint density at radius 2 is 2.32 bits per heavy atom. The molecule has 0 saturated heterocycles. The second-order valence-corrected chi connectivity index (χ2v) is 6.94. The van der Waals surface area contributed by atoms with Gasteiger partial charge in [0.1, 0.15) is 11.3 Å². The maximum absolute atomic E-state index is 12.0. The highest BCUT2D eigenvalue weighted by Gasteiger charge is 2.16. The van der Waals surface area contributed by atoms with Gasteiger partial charge in [-0.05, 0) is 13.8 Å². The second kappa shape index (κ2) is 8.20. The summed E-state index contributed by atoms with van der Waals surface area (Å²) in [4.78, 5) is 12.0. The number of nitrogens with one attached hydrogen (secondary N) is 1. The highest BCUT2D eigenvalue weighted by molar-refractivity contribution is 8.01. The molecule has 2 aromatic rings. The van der Waals surface area contributed by atoms with Crippen LogP contribution in [0.3, 0.4) is 0 Å². The average Bonchev–Trinajstić information content (AvgIpc) is 3.11. The predicted octanol–water partition coefficient (Wildman–Crippen LogP) is 1.05. The molecular weight excluding hydrogens is 324 g/mol. The van der Waals surface area contributed by atoms with E-state index in [1.54, 1.807) is 13.4 Å². The van der Waals surface area contributed by atoms with Crippen molar-refractivity contribution >= 4 is 29.0 Å². The number of hydrogen-bond acceptors (Lipinski definition) is 8. The highest BCUT2D eigenvalue weighted by Crippen LogP contribution is 2.21. The van der Waals surface area contributed by atoms with Crippen molar-refractivity contribution in [2.75, 3.05) is 19.5 Å². The summed E-state index contributed by atoms with van der Waals surface area (Å²) < 4.78 is 7.71. The molecule has 1 amide bonds. The first kappa shape index (κ1) is 16.8. The number of aromatic nitrogens is 5. The van der Waals surface area contributed by atoms with Crippen molar-refractivity contribution in [2.45, 2.75) is 30.8 Å². The van der Waals surface area contributed by atoms with Gasteiger partial charge in [0.15, 0.2) is 10.2 Å². The lowest BCUT2D eigenvalue weighted by Gasteiger charge is -2.14. The molecule has 2 heterocycles. The summed E-state index contributed by atoms with van der Waals surface area (Å²) in [5.41, 5.74) is 0. The molecule has 120 valence electrons. The fourth-order valence-corrected chi connectivity index (χ4v) is 3.40. The van der Waals surface area contributed by atoms with Crippen LogP contribution in [-0.4, -0.2) is 50.3 Å². The smallest absolute Gasteiger partial charge is 0.231 e. The Morgan fingerprint density at radius 1 is 1.50 bits per heavy atom. The van der Waals surface area contributed by atoms with Gasteiger partial charge in [0.2, 0.25) is 5.91 Å². The van der Waals surface area contributed by atoms with Gasteiger partial charge in [0.25, 0.3) is 0 Å². The molecule has 0 unspecified atom stereocenters. The van der Waals surface area contributed by atoms with E-state index in [9.17, 15) is 4.79 Å². The Balaban J connectivity index is 1.84. The van der Waals surface area contributed by atoms with Crippen LogP contribution in [0.2, 0.25) is 0 Å². The first-order valence-electron chi connectivity index (χ1n) is 6.69. The van der Waals surface area contributed by atoms with Crippen LogP contribution >= 0.6 is 23.1 Å². The molecular formula is C12H18N6O2S2. The third-order valence-corrected chi connectivity index (χ3v) is 4.75. The summed E-state index contributed by atoms with van der Waals surface area (Å²) in [6.07, 6.45) is 1.63. The molecule has 0 aromatic carbocycles. The number of nitrogens with zero attached hydrogens (tertiary/aromatic N) is 5. The van der Waals surface area contributed by atoms with Crippen LogP contribution in [-0.2, 0) is 16.1 Å². The van der Waals surface area contributed by atoms with Gasteiger partial charge in [-0.25, -0.2) is 0 Å². The molecule has 0 bridgehead atoms. The number of methoxy groups -OCH3 is 1. The fraction of sp³-hybridized carbons (Fsp3) is 0.583. The number of aryl methyl sites for hydroxylation is 1. The molecule has 1 atom stereocenters. The van der Waals surface area contributed by atoms with Gasteiger partial charge < -0.3 is 14.6 Å². The van der Waals surface area contributed by atoms with Gasteiger partial charge in [-0.15, -0.1) is 20.4 Å². The van der Waals surface area contributed by atoms with Crippen molar-refractivity contribution in [2.24, 2.45) is 0 Å². The number of rotatable bonds is 8. The molecule has 0 spiro atoms. The molecule has 0 aliphatic carbocycles. The predicted molar refractivity (Wildman–Crippen MR) is 83.8 cm³/mol. The van der Waals surface area contributed by atoms with E-state index in [1.807, 2.05) is 18.4 Å². The largest absolute Gasteiger partial charge is 0.383 e. The third-order valence-electron chi connectivity index (χ3n) is 2.78. The van der Waals surface area contributed by atoms with Gasteiger partial charge in [0, 0.05) is 13.7 Å². The normalized spacial score (nSPS) is 12.3. The molecule has 10 heteroatoms. The van der Waals surface area contributed by atoms with Crippen LogP contribution < -0.4 is 5.32 Å². The number of thioether (sulfide) groups is 1. The summed E-state index contributed by atoms with van der Waals surface area (Å²) in [7, 11) is 1.64.